The van der Waals surface area contributed by atoms with E-state index in [1.807, 2.05) is 0 Å². The lowest BCUT2D eigenvalue weighted by Crippen LogP contribution is -2.27. The number of nitrogen functional groups attached to an aromatic ring is 1. The number of aromatic nitrogens is 2. The summed E-state index contributed by atoms with van der Waals surface area (Å²) >= 11 is 0. The van der Waals surface area contributed by atoms with Crippen LogP contribution in [0, 0.1) is 0 Å². The van der Waals surface area contributed by atoms with E-state index >= 15 is 0 Å². The van der Waals surface area contributed by atoms with E-state index in [0.29, 0.717) is 12.8 Å². The van der Waals surface area contributed by atoms with E-state index in [4.69, 9.17) is 20.3 Å². The van der Waals surface area contributed by atoms with E-state index in [0.717, 1.165) is 0 Å². The van der Waals surface area contributed by atoms with E-state index in [9.17, 15) is 9.36 Å². The Balaban J connectivity index is 0.00000200. The second-order valence-electron chi connectivity index (χ2n) is 4.12. The average Bonchev–Trinajstić information content (AvgIpc) is 2.74. The maximum Gasteiger partial charge on any atom is 0.469 e. The van der Waals surface area contributed by atoms with Crippen LogP contribution in [0.25, 0.3) is 0 Å². The SMILES string of the molecule is Nc1ccn([C@H]2CC[C@@H](COP(=O)(O)O)O2)c(=O)n1.O. The van der Waals surface area contributed by atoms with Crippen LogP contribution in [-0.4, -0.2) is 37.5 Å². The molecule has 0 amide bonds. The summed E-state index contributed by atoms with van der Waals surface area (Å²) in [4.78, 5) is 32.3. The fraction of sp³-hybridized carbons (Fsp3) is 0.556. The zero-order chi connectivity index (χ0) is 14.0. The molecule has 1 aliphatic rings. The minimum absolute atomic E-state index is 0. The third-order valence-electron chi connectivity index (χ3n) is 2.68. The van der Waals surface area contributed by atoms with Crippen LogP contribution in [0.5, 0.6) is 0 Å². The van der Waals surface area contributed by atoms with Crippen molar-refractivity contribution in [2.45, 2.75) is 25.2 Å². The average molecular weight is 309 g/mol. The molecule has 6 N–H and O–H groups in total. The van der Waals surface area contributed by atoms with E-state index in [2.05, 4.69) is 9.51 Å². The Labute approximate surface area is 113 Å². The van der Waals surface area contributed by atoms with Crippen LogP contribution in [0.3, 0.4) is 0 Å². The standard InChI is InChI=1S/C9H14N3O6P.H2O/c10-7-3-4-12(9(13)11-7)8-2-1-6(18-8)5-17-19(14,15)16;/h3-4,6,8H,1-2,5H2,(H2,10,11,13)(H2,14,15,16);1H2/t6-,8+;/m0./s1. The molecule has 2 heterocycles. The maximum atomic E-state index is 11.6. The van der Waals surface area contributed by atoms with Gasteiger partial charge in [-0.15, -0.1) is 0 Å². The smallest absolute Gasteiger partial charge is 0.412 e. The zero-order valence-electron chi connectivity index (χ0n) is 10.4. The predicted octanol–water partition coefficient (Wildman–Crippen LogP) is -1.21. The summed E-state index contributed by atoms with van der Waals surface area (Å²) in [5.74, 6) is 0.126. The molecule has 1 fully saturated rings. The summed E-state index contributed by atoms with van der Waals surface area (Å²) in [7, 11) is -4.50. The normalized spacial score (nSPS) is 22.5. The molecule has 1 aromatic rings. The van der Waals surface area contributed by atoms with E-state index in [1.165, 1.54) is 16.8 Å². The Bertz CT molecular complexity index is 557. The molecule has 114 valence electrons. The van der Waals surface area contributed by atoms with Gasteiger partial charge >= 0.3 is 13.5 Å². The molecule has 2 rings (SSSR count). The Hall–Kier alpha value is -1.29. The predicted molar refractivity (Wildman–Crippen MR) is 67.7 cm³/mol. The summed E-state index contributed by atoms with van der Waals surface area (Å²) in [6, 6.07) is 1.48. The van der Waals surface area contributed by atoms with Gasteiger partial charge < -0.3 is 25.7 Å². The highest BCUT2D eigenvalue weighted by atomic mass is 31.2. The van der Waals surface area contributed by atoms with Crippen LogP contribution in [-0.2, 0) is 13.8 Å². The molecule has 11 heteroatoms. The summed E-state index contributed by atoms with van der Waals surface area (Å²) in [6.07, 6.45) is 1.54. The minimum atomic E-state index is -4.50. The van der Waals surface area contributed by atoms with Crippen LogP contribution >= 0.6 is 7.82 Å². The van der Waals surface area contributed by atoms with Gasteiger partial charge in [-0.05, 0) is 18.9 Å². The summed E-state index contributed by atoms with van der Waals surface area (Å²) in [5.41, 5.74) is 4.85. The largest absolute Gasteiger partial charge is 0.469 e. The Kier molecular flexibility index (Phi) is 5.40. The topological polar surface area (TPSA) is 168 Å². The molecule has 1 saturated heterocycles. The van der Waals surface area contributed by atoms with Crippen molar-refractivity contribution in [3.63, 3.8) is 0 Å². The fourth-order valence-electron chi connectivity index (χ4n) is 1.84. The molecule has 1 aromatic heterocycles. The van der Waals surface area contributed by atoms with Gasteiger partial charge in [-0.25, -0.2) is 9.36 Å². The van der Waals surface area contributed by atoms with Gasteiger partial charge in [0, 0.05) is 6.20 Å². The van der Waals surface area contributed by atoms with Crippen molar-refractivity contribution < 1.29 is 29.1 Å². The maximum absolute atomic E-state index is 11.6. The summed E-state index contributed by atoms with van der Waals surface area (Å²) in [5, 5.41) is 0. The van der Waals surface area contributed by atoms with Crippen LogP contribution < -0.4 is 11.4 Å². The van der Waals surface area contributed by atoms with Gasteiger partial charge in [-0.3, -0.25) is 9.09 Å². The van der Waals surface area contributed by atoms with Gasteiger partial charge in [0.2, 0.25) is 0 Å². The fourth-order valence-corrected chi connectivity index (χ4v) is 2.20. The number of nitrogens with two attached hydrogens (primary N) is 1. The number of phosphoric ester groups is 1. The van der Waals surface area contributed by atoms with Crippen molar-refractivity contribution in [3.05, 3.63) is 22.7 Å². The Morgan fingerprint density at radius 2 is 2.25 bits per heavy atom. The van der Waals surface area contributed by atoms with Crippen LogP contribution in [0.15, 0.2) is 17.1 Å². The van der Waals surface area contributed by atoms with Crippen LogP contribution in [0.2, 0.25) is 0 Å². The van der Waals surface area contributed by atoms with Gasteiger partial charge in [0.25, 0.3) is 0 Å². The number of ether oxygens (including phenoxy) is 1. The van der Waals surface area contributed by atoms with E-state index < -0.39 is 25.8 Å². The van der Waals surface area contributed by atoms with Gasteiger partial charge in [-0.2, -0.15) is 4.98 Å². The lowest BCUT2D eigenvalue weighted by atomic mass is 10.2. The van der Waals surface area contributed by atoms with Gasteiger partial charge in [0.15, 0.2) is 0 Å². The number of hydrogen-bond acceptors (Lipinski definition) is 6. The third-order valence-corrected chi connectivity index (χ3v) is 3.16. The van der Waals surface area contributed by atoms with Crippen molar-refractivity contribution in [1.29, 1.82) is 0 Å². The first-order valence-electron chi connectivity index (χ1n) is 5.55. The number of rotatable bonds is 4. The molecule has 0 aromatic carbocycles. The second kappa shape index (κ2) is 6.44. The molecule has 0 bridgehead atoms. The molecule has 0 aliphatic carbocycles. The molecular weight excluding hydrogens is 293 g/mol. The van der Waals surface area contributed by atoms with Crippen molar-refractivity contribution in [3.8, 4) is 0 Å². The second-order valence-corrected chi connectivity index (χ2v) is 5.36. The zero-order valence-corrected chi connectivity index (χ0v) is 11.3. The van der Waals surface area contributed by atoms with Gasteiger partial charge in [0.1, 0.15) is 12.0 Å². The highest BCUT2D eigenvalue weighted by Gasteiger charge is 2.29. The van der Waals surface area contributed by atoms with Crippen LogP contribution in [0.1, 0.15) is 19.1 Å². The molecule has 2 atom stereocenters. The first kappa shape index (κ1) is 16.8. The van der Waals surface area contributed by atoms with Crippen molar-refractivity contribution in [2.24, 2.45) is 0 Å². The number of nitrogens with zero attached hydrogens (tertiary/aromatic N) is 2. The lowest BCUT2D eigenvalue weighted by Gasteiger charge is -2.15. The highest BCUT2D eigenvalue weighted by Crippen LogP contribution is 2.37. The lowest BCUT2D eigenvalue weighted by molar-refractivity contribution is -0.0242. The summed E-state index contributed by atoms with van der Waals surface area (Å²) < 4.78 is 21.7. The van der Waals surface area contributed by atoms with Crippen molar-refractivity contribution in [1.82, 2.24) is 9.55 Å². The van der Waals surface area contributed by atoms with Gasteiger partial charge in [0.05, 0.1) is 12.7 Å². The Morgan fingerprint density at radius 1 is 1.55 bits per heavy atom. The minimum Gasteiger partial charge on any atom is -0.412 e. The molecule has 0 unspecified atom stereocenters. The molecular formula is C9H16N3O7P. The van der Waals surface area contributed by atoms with Crippen molar-refractivity contribution >= 4 is 13.6 Å². The van der Waals surface area contributed by atoms with Crippen molar-refractivity contribution in [2.75, 3.05) is 12.3 Å². The molecule has 0 saturated carbocycles. The van der Waals surface area contributed by atoms with E-state index in [-0.39, 0.29) is 17.9 Å². The first-order valence-corrected chi connectivity index (χ1v) is 7.08. The molecule has 0 radical (unpaired) electrons. The third kappa shape index (κ3) is 4.37. The Morgan fingerprint density at radius 3 is 2.85 bits per heavy atom. The molecule has 20 heavy (non-hydrogen) atoms. The highest BCUT2D eigenvalue weighted by molar-refractivity contribution is 7.46. The van der Waals surface area contributed by atoms with Gasteiger partial charge in [-0.1, -0.05) is 0 Å². The quantitative estimate of drug-likeness (QED) is 0.582. The number of anilines is 1. The van der Waals surface area contributed by atoms with Crippen LogP contribution in [0.4, 0.5) is 5.82 Å². The molecule has 0 spiro atoms. The monoisotopic (exact) mass is 309 g/mol. The van der Waals surface area contributed by atoms with E-state index in [1.54, 1.807) is 0 Å². The first-order chi connectivity index (χ1) is 8.85. The number of hydrogen-bond donors (Lipinski definition) is 3. The number of phosphoric acid groups is 1. The summed E-state index contributed by atoms with van der Waals surface area (Å²) in [6.45, 7) is -0.224. The molecule has 10 nitrogen and oxygen atoms in total. The molecule has 1 aliphatic heterocycles.